The fourth-order valence-corrected chi connectivity index (χ4v) is 11.0. The molecule has 12 nitrogen and oxygen atoms in total. The Balaban J connectivity index is 1.06. The van der Waals surface area contributed by atoms with Crippen LogP contribution in [-0.4, -0.2) is 132 Å². The number of aliphatic hydroxyl groups is 3. The number of hydrogen-bond acceptors (Lipinski definition) is 12. The number of hydrogen-bond donors (Lipinski definition) is 4. The second-order valence-electron chi connectivity index (χ2n) is 17.4. The van der Waals surface area contributed by atoms with Crippen molar-refractivity contribution in [1.29, 1.82) is 0 Å². The highest BCUT2D eigenvalue weighted by Crippen LogP contribution is 2.49. The highest BCUT2D eigenvalue weighted by molar-refractivity contribution is 5.13. The summed E-state index contributed by atoms with van der Waals surface area (Å²) < 4.78 is 53.1. The van der Waals surface area contributed by atoms with Gasteiger partial charge in [-0.05, 0) is 74.9 Å². The summed E-state index contributed by atoms with van der Waals surface area (Å²) in [5, 5.41) is 33.4. The largest absolute Gasteiger partial charge is 0.393 e. The zero-order valence-corrected chi connectivity index (χ0v) is 31.1. The Morgan fingerprint density at radius 1 is 0.808 bits per heavy atom. The molecule has 8 rings (SSSR count). The van der Waals surface area contributed by atoms with Gasteiger partial charge in [-0.25, -0.2) is 0 Å². The van der Waals surface area contributed by atoms with E-state index in [4.69, 9.17) is 43.6 Å². The standard InChI is InChI=1S/C40H63NO11/c1-20-11-25-5-7-30-21(2)12-27(46-30)9-10-40-18-29(44)38(52-40)35-17-36(51-40)39-31(49-35)8-6-26(48-39)13-23(42)14-28-33(16-32(47-25)22(20)3)50-34(37(28)45-4)15-24(43)19-41/h20,23-39,42-44H,2-3,5-19,41H2,1,4H3/t20-,23?,24?,25+,26?,27?,28+,29-,30?,31+,32?,33+,34?,35?,36-,37-,38-,39+,40-/m1/s1. The van der Waals surface area contributed by atoms with E-state index in [0.717, 1.165) is 56.1 Å². The number of rotatable bonds is 4. The second kappa shape index (κ2) is 15.5. The van der Waals surface area contributed by atoms with Gasteiger partial charge in [-0.1, -0.05) is 20.1 Å². The van der Waals surface area contributed by atoms with E-state index in [2.05, 4.69) is 20.1 Å². The van der Waals surface area contributed by atoms with Crippen molar-refractivity contribution in [3.63, 3.8) is 0 Å². The third-order valence-corrected chi connectivity index (χ3v) is 13.8. The molecule has 0 radical (unpaired) electrons. The minimum absolute atomic E-state index is 0.00573. The Hall–Kier alpha value is -1.00. The third-order valence-electron chi connectivity index (χ3n) is 13.8. The summed E-state index contributed by atoms with van der Waals surface area (Å²) in [4.78, 5) is 0. The van der Waals surface area contributed by atoms with Crippen LogP contribution in [0.4, 0.5) is 0 Å². The van der Waals surface area contributed by atoms with Crippen molar-refractivity contribution in [1.82, 2.24) is 0 Å². The minimum atomic E-state index is -0.929. The fraction of sp³-hybridized carbons (Fsp3) is 0.900. The predicted molar refractivity (Wildman–Crippen MR) is 189 cm³/mol. The number of nitrogens with two attached hydrogens (primary N) is 1. The normalized spacial score (nSPS) is 51.8. The van der Waals surface area contributed by atoms with E-state index >= 15 is 0 Å². The van der Waals surface area contributed by atoms with Crippen LogP contribution in [0.5, 0.6) is 0 Å². The molecule has 8 unspecified atom stereocenters. The van der Waals surface area contributed by atoms with Crippen molar-refractivity contribution in [2.45, 2.75) is 200 Å². The van der Waals surface area contributed by atoms with Crippen LogP contribution in [-0.2, 0) is 37.9 Å². The summed E-state index contributed by atoms with van der Waals surface area (Å²) in [5.74, 6) is -0.777. The van der Waals surface area contributed by atoms with Crippen LogP contribution in [0.1, 0.15) is 96.8 Å². The lowest BCUT2D eigenvalue weighted by Crippen LogP contribution is -2.58. The lowest BCUT2D eigenvalue weighted by molar-refractivity contribution is -0.278. The molecule has 10 bridgehead atoms. The molecule has 8 fully saturated rings. The van der Waals surface area contributed by atoms with Gasteiger partial charge in [0.15, 0.2) is 5.79 Å². The van der Waals surface area contributed by atoms with E-state index in [1.807, 2.05) is 0 Å². The number of aliphatic hydroxyl groups excluding tert-OH is 3. The van der Waals surface area contributed by atoms with Gasteiger partial charge in [-0.3, -0.25) is 0 Å². The van der Waals surface area contributed by atoms with E-state index in [1.54, 1.807) is 7.11 Å². The van der Waals surface area contributed by atoms with Crippen molar-refractivity contribution in [3.8, 4) is 0 Å². The van der Waals surface area contributed by atoms with E-state index in [0.29, 0.717) is 44.9 Å². The molecule has 0 aromatic heterocycles. The molecule has 0 amide bonds. The highest BCUT2D eigenvalue weighted by Gasteiger charge is 2.59. The van der Waals surface area contributed by atoms with Crippen LogP contribution in [0.2, 0.25) is 0 Å². The molecule has 8 heterocycles. The lowest BCUT2D eigenvalue weighted by atomic mass is 9.81. The Morgan fingerprint density at radius 3 is 2.40 bits per heavy atom. The molecule has 0 aliphatic carbocycles. The fourth-order valence-electron chi connectivity index (χ4n) is 11.0. The molecule has 5 N–H and O–H groups in total. The summed E-state index contributed by atoms with van der Waals surface area (Å²) in [5.41, 5.74) is 8.00. The average Bonchev–Trinajstić information content (AvgIpc) is 3.72. The van der Waals surface area contributed by atoms with Gasteiger partial charge in [0.1, 0.15) is 12.2 Å². The molecule has 52 heavy (non-hydrogen) atoms. The third kappa shape index (κ3) is 7.59. The van der Waals surface area contributed by atoms with Crippen molar-refractivity contribution in [3.05, 3.63) is 24.3 Å². The summed E-state index contributed by atoms with van der Waals surface area (Å²) in [7, 11) is 1.68. The molecule has 8 saturated heterocycles. The zero-order chi connectivity index (χ0) is 36.3. The molecule has 1 spiro atoms. The Labute approximate surface area is 308 Å². The number of methoxy groups -OCH3 is 1. The monoisotopic (exact) mass is 733 g/mol. The molecular formula is C40H63NO11. The molecule has 19 atom stereocenters. The van der Waals surface area contributed by atoms with E-state index in [-0.39, 0.29) is 91.6 Å². The van der Waals surface area contributed by atoms with Gasteiger partial charge < -0.3 is 58.9 Å². The summed E-state index contributed by atoms with van der Waals surface area (Å²) in [6.07, 6.45) is 4.40. The maximum atomic E-state index is 11.7. The first-order valence-electron chi connectivity index (χ1n) is 20.3. The van der Waals surface area contributed by atoms with Gasteiger partial charge in [-0.2, -0.15) is 0 Å². The topological polar surface area (TPSA) is 161 Å². The first kappa shape index (κ1) is 37.9. The Bertz CT molecular complexity index is 1290. The first-order valence-corrected chi connectivity index (χ1v) is 20.3. The lowest BCUT2D eigenvalue weighted by Gasteiger charge is -2.47. The maximum Gasteiger partial charge on any atom is 0.172 e. The van der Waals surface area contributed by atoms with E-state index < -0.39 is 30.2 Å². The molecular weight excluding hydrogens is 670 g/mol. The van der Waals surface area contributed by atoms with Gasteiger partial charge in [0.2, 0.25) is 0 Å². The predicted octanol–water partition coefficient (Wildman–Crippen LogP) is 3.21. The molecule has 8 aliphatic heterocycles. The highest BCUT2D eigenvalue weighted by atomic mass is 16.7. The van der Waals surface area contributed by atoms with Crippen molar-refractivity contribution in [2.75, 3.05) is 13.7 Å². The van der Waals surface area contributed by atoms with Gasteiger partial charge >= 0.3 is 0 Å². The SMILES string of the molecule is C=C1CC2CC[C@]34C[C@@H](O)[C@@H](O3)C3C[C@@H](O4)[C@H]4OC(CC[C@@H]4O3)CC(O)C[C@H]3[C@H](CC4O[C@@H](CCC1O2)C[C@@H](C)C4=C)OC(CC(O)CN)[C@@H]3OC. The first-order chi connectivity index (χ1) is 25.0. The number of ether oxygens (including phenoxy) is 8. The quantitative estimate of drug-likeness (QED) is 0.313. The van der Waals surface area contributed by atoms with Crippen LogP contribution < -0.4 is 5.73 Å². The minimum Gasteiger partial charge on any atom is -0.393 e. The van der Waals surface area contributed by atoms with Crippen LogP contribution in [0.25, 0.3) is 0 Å². The van der Waals surface area contributed by atoms with Gasteiger partial charge in [-0.15, -0.1) is 0 Å². The summed E-state index contributed by atoms with van der Waals surface area (Å²) in [6, 6.07) is 0. The van der Waals surface area contributed by atoms with Gasteiger partial charge in [0, 0.05) is 51.7 Å². The molecule has 294 valence electrons. The van der Waals surface area contributed by atoms with E-state index in [1.165, 1.54) is 0 Å². The van der Waals surface area contributed by atoms with Gasteiger partial charge in [0.25, 0.3) is 0 Å². The van der Waals surface area contributed by atoms with Crippen molar-refractivity contribution < 1.29 is 53.2 Å². The van der Waals surface area contributed by atoms with Crippen molar-refractivity contribution >= 4 is 0 Å². The zero-order valence-electron chi connectivity index (χ0n) is 31.1. The van der Waals surface area contributed by atoms with Crippen LogP contribution in [0, 0.1) is 11.8 Å². The summed E-state index contributed by atoms with van der Waals surface area (Å²) in [6.45, 7) is 11.3. The van der Waals surface area contributed by atoms with Crippen LogP contribution in [0.3, 0.4) is 0 Å². The van der Waals surface area contributed by atoms with Crippen LogP contribution in [0.15, 0.2) is 24.3 Å². The summed E-state index contributed by atoms with van der Waals surface area (Å²) >= 11 is 0. The Kier molecular flexibility index (Phi) is 11.3. The molecule has 0 aromatic carbocycles. The molecule has 12 heteroatoms. The molecule has 0 aromatic rings. The smallest absolute Gasteiger partial charge is 0.172 e. The molecule has 8 aliphatic rings. The van der Waals surface area contributed by atoms with Crippen LogP contribution >= 0.6 is 0 Å². The number of fused-ring (bicyclic) bond motifs is 9. The second-order valence-corrected chi connectivity index (χ2v) is 17.4. The Morgan fingerprint density at radius 2 is 1.60 bits per heavy atom. The maximum absolute atomic E-state index is 11.7. The van der Waals surface area contributed by atoms with E-state index in [9.17, 15) is 15.3 Å². The van der Waals surface area contributed by atoms with Crippen molar-refractivity contribution in [2.24, 2.45) is 17.6 Å². The average molecular weight is 734 g/mol. The molecule has 0 saturated carbocycles. The van der Waals surface area contributed by atoms with Gasteiger partial charge in [0.05, 0.1) is 85.5 Å².